The summed E-state index contributed by atoms with van der Waals surface area (Å²) < 4.78 is 59.2. The van der Waals surface area contributed by atoms with E-state index in [-0.39, 0.29) is 26.6 Å². The lowest BCUT2D eigenvalue weighted by molar-refractivity contribution is 0.0596. The van der Waals surface area contributed by atoms with Crippen molar-refractivity contribution in [3.63, 3.8) is 0 Å². The van der Waals surface area contributed by atoms with E-state index in [1.807, 2.05) is 0 Å². The SMILES string of the molecule is COC(=O)c1sc(S(=O)(=O)Nc2ccc(S(N)(=O)=O)cc2)c(C(=O)OC)c1C. The van der Waals surface area contributed by atoms with Crippen molar-refractivity contribution in [1.82, 2.24) is 0 Å². The van der Waals surface area contributed by atoms with Crippen molar-refractivity contribution >= 4 is 49.0 Å². The number of carbonyl (C=O) groups excluding carboxylic acids is 2. The summed E-state index contributed by atoms with van der Waals surface area (Å²) in [4.78, 5) is 23.7. The van der Waals surface area contributed by atoms with Crippen LogP contribution in [0.4, 0.5) is 5.69 Å². The van der Waals surface area contributed by atoms with E-state index >= 15 is 0 Å². The molecule has 0 atom stereocenters. The van der Waals surface area contributed by atoms with Crippen LogP contribution in [0.5, 0.6) is 0 Å². The summed E-state index contributed by atoms with van der Waals surface area (Å²) in [6, 6.07) is 4.62. The van der Waals surface area contributed by atoms with Gasteiger partial charge in [0.2, 0.25) is 10.0 Å². The number of hydrogen-bond donors (Lipinski definition) is 2. The third-order valence-corrected chi connectivity index (χ3v) is 7.65. The highest BCUT2D eigenvalue weighted by atomic mass is 32.2. The average molecular weight is 449 g/mol. The van der Waals surface area contributed by atoms with Crippen LogP contribution in [0.15, 0.2) is 33.4 Å². The van der Waals surface area contributed by atoms with Gasteiger partial charge in [-0.05, 0) is 36.8 Å². The van der Waals surface area contributed by atoms with Crippen molar-refractivity contribution < 1.29 is 35.9 Å². The molecule has 0 spiro atoms. The van der Waals surface area contributed by atoms with Gasteiger partial charge in [0.25, 0.3) is 10.0 Å². The van der Waals surface area contributed by atoms with Gasteiger partial charge in [-0.2, -0.15) is 0 Å². The quantitative estimate of drug-likeness (QED) is 0.621. The van der Waals surface area contributed by atoms with Gasteiger partial charge < -0.3 is 9.47 Å². The van der Waals surface area contributed by atoms with Gasteiger partial charge in [0.1, 0.15) is 4.88 Å². The number of rotatable bonds is 6. The molecule has 0 bridgehead atoms. The topological polar surface area (TPSA) is 159 Å². The zero-order valence-corrected chi connectivity index (χ0v) is 17.3. The number of thiophene rings is 1. The maximum Gasteiger partial charge on any atom is 0.348 e. The molecule has 0 amide bonds. The van der Waals surface area contributed by atoms with E-state index in [0.717, 1.165) is 26.4 Å². The maximum absolute atomic E-state index is 12.8. The second kappa shape index (κ2) is 7.87. The minimum absolute atomic E-state index is 0.0221. The summed E-state index contributed by atoms with van der Waals surface area (Å²) in [6.45, 7) is 1.40. The number of primary sulfonamides is 1. The minimum atomic E-state index is -4.31. The molecule has 0 aliphatic carbocycles. The largest absolute Gasteiger partial charge is 0.465 e. The molecule has 3 N–H and O–H groups in total. The van der Waals surface area contributed by atoms with E-state index < -0.39 is 36.2 Å². The fourth-order valence-corrected chi connectivity index (χ4v) is 5.54. The number of hydrogen-bond acceptors (Lipinski definition) is 9. The second-order valence-electron chi connectivity index (χ2n) is 5.38. The molecular formula is C15H16N2O8S3. The first-order valence-corrected chi connectivity index (χ1v) is 11.2. The van der Waals surface area contributed by atoms with Crippen LogP contribution in [0.1, 0.15) is 25.6 Å². The first-order chi connectivity index (χ1) is 12.9. The number of benzene rings is 1. The van der Waals surface area contributed by atoms with Gasteiger partial charge in [-0.3, -0.25) is 4.72 Å². The van der Waals surface area contributed by atoms with Crippen LogP contribution in [-0.4, -0.2) is 43.0 Å². The van der Waals surface area contributed by atoms with E-state index in [0.29, 0.717) is 11.3 Å². The van der Waals surface area contributed by atoms with Gasteiger partial charge >= 0.3 is 11.9 Å². The Labute approximate surface area is 165 Å². The molecule has 1 heterocycles. The third-order valence-electron chi connectivity index (χ3n) is 3.55. The van der Waals surface area contributed by atoms with Gasteiger partial charge in [-0.15, -0.1) is 11.3 Å². The maximum atomic E-state index is 12.8. The number of nitrogens with one attached hydrogen (secondary N) is 1. The molecule has 0 radical (unpaired) electrons. The zero-order chi connectivity index (χ0) is 21.3. The molecule has 13 heteroatoms. The molecule has 0 aliphatic heterocycles. The Hall–Kier alpha value is -2.48. The lowest BCUT2D eigenvalue weighted by Crippen LogP contribution is -2.16. The molecular weight excluding hydrogens is 432 g/mol. The van der Waals surface area contributed by atoms with Crippen molar-refractivity contribution in [3.8, 4) is 0 Å². The van der Waals surface area contributed by atoms with Gasteiger partial charge in [0, 0.05) is 5.69 Å². The van der Waals surface area contributed by atoms with Crippen molar-refractivity contribution in [2.24, 2.45) is 5.14 Å². The zero-order valence-electron chi connectivity index (χ0n) is 14.9. The summed E-state index contributed by atoms with van der Waals surface area (Å²) in [7, 11) is -6.05. The number of sulfonamides is 2. The van der Waals surface area contributed by atoms with Crippen LogP contribution in [0, 0.1) is 6.92 Å². The normalized spacial score (nSPS) is 11.7. The summed E-state index contributed by atoms with van der Waals surface area (Å²) >= 11 is 0.554. The molecule has 0 aliphatic rings. The van der Waals surface area contributed by atoms with Crippen molar-refractivity contribution in [2.75, 3.05) is 18.9 Å². The molecule has 1 aromatic carbocycles. The Balaban J connectivity index is 2.53. The summed E-state index contributed by atoms with van der Waals surface area (Å²) in [5, 5.41) is 4.99. The molecule has 2 rings (SSSR count). The lowest BCUT2D eigenvalue weighted by atomic mass is 10.2. The Kier molecular flexibility index (Phi) is 6.13. The molecule has 0 saturated heterocycles. The minimum Gasteiger partial charge on any atom is -0.465 e. The van der Waals surface area contributed by atoms with E-state index in [4.69, 9.17) is 5.14 Å². The molecule has 2 aromatic rings. The van der Waals surface area contributed by atoms with E-state index in [2.05, 4.69) is 14.2 Å². The number of nitrogens with two attached hydrogens (primary N) is 1. The van der Waals surface area contributed by atoms with Gasteiger partial charge in [-0.1, -0.05) is 0 Å². The van der Waals surface area contributed by atoms with Crippen LogP contribution in [0.3, 0.4) is 0 Å². The smallest absolute Gasteiger partial charge is 0.348 e. The number of ether oxygens (including phenoxy) is 2. The van der Waals surface area contributed by atoms with Gasteiger partial charge in [-0.25, -0.2) is 31.6 Å². The Bertz CT molecular complexity index is 1130. The van der Waals surface area contributed by atoms with E-state index in [1.54, 1.807) is 0 Å². The van der Waals surface area contributed by atoms with Crippen molar-refractivity contribution in [1.29, 1.82) is 0 Å². The van der Waals surface area contributed by atoms with Crippen LogP contribution < -0.4 is 9.86 Å². The van der Waals surface area contributed by atoms with Crippen LogP contribution in [-0.2, 0) is 29.5 Å². The van der Waals surface area contributed by atoms with Crippen LogP contribution >= 0.6 is 11.3 Å². The highest BCUT2D eigenvalue weighted by molar-refractivity contribution is 7.94. The second-order valence-corrected chi connectivity index (χ2v) is 9.84. The number of methoxy groups -OCH3 is 2. The third kappa shape index (κ3) is 4.32. The standard InChI is InChI=1S/C15H16N2O8S3/c1-8-11(13(18)24-2)15(26-12(8)14(19)25-3)28(22,23)17-9-4-6-10(7-5-9)27(16,20)21/h4-7,17H,1-3H3,(H2,16,20,21). The highest BCUT2D eigenvalue weighted by Gasteiger charge is 2.32. The number of anilines is 1. The molecule has 0 saturated carbocycles. The first-order valence-electron chi connectivity index (χ1n) is 7.38. The number of esters is 2. The predicted molar refractivity (Wildman–Crippen MR) is 100 cm³/mol. The molecule has 0 fully saturated rings. The Morgan fingerprint density at radius 2 is 1.54 bits per heavy atom. The van der Waals surface area contributed by atoms with E-state index in [1.165, 1.54) is 19.1 Å². The summed E-state index contributed by atoms with van der Waals surface area (Å²) in [6.07, 6.45) is 0. The Morgan fingerprint density at radius 3 is 2.00 bits per heavy atom. The van der Waals surface area contributed by atoms with Gasteiger partial charge in [0.15, 0.2) is 4.21 Å². The fraction of sp³-hybridized carbons (Fsp3) is 0.200. The number of carbonyl (C=O) groups is 2. The monoisotopic (exact) mass is 448 g/mol. The summed E-state index contributed by atoms with van der Waals surface area (Å²) in [5.41, 5.74) is -0.163. The average Bonchev–Trinajstić information content (AvgIpc) is 2.98. The highest BCUT2D eigenvalue weighted by Crippen LogP contribution is 2.34. The van der Waals surface area contributed by atoms with Crippen molar-refractivity contribution in [2.45, 2.75) is 16.0 Å². The lowest BCUT2D eigenvalue weighted by Gasteiger charge is -2.09. The van der Waals surface area contributed by atoms with Crippen LogP contribution in [0.25, 0.3) is 0 Å². The van der Waals surface area contributed by atoms with Gasteiger partial charge in [0.05, 0.1) is 24.7 Å². The Morgan fingerprint density at radius 1 is 1.00 bits per heavy atom. The molecule has 10 nitrogen and oxygen atoms in total. The molecule has 0 unspecified atom stereocenters. The molecule has 152 valence electrons. The van der Waals surface area contributed by atoms with Crippen LogP contribution in [0.2, 0.25) is 0 Å². The molecule has 28 heavy (non-hydrogen) atoms. The summed E-state index contributed by atoms with van der Waals surface area (Å²) in [5.74, 6) is -1.74. The molecule has 1 aromatic heterocycles. The van der Waals surface area contributed by atoms with E-state index in [9.17, 15) is 26.4 Å². The predicted octanol–water partition coefficient (Wildman–Crippen LogP) is 1.08. The first kappa shape index (κ1) is 21.8. The fourth-order valence-electron chi connectivity index (χ4n) is 2.22. The van der Waals surface area contributed by atoms with Crippen molar-refractivity contribution in [3.05, 3.63) is 40.3 Å².